The SMILES string of the molecule is COC(C)C(C)NCC1CN(C)CCN1C. The van der Waals surface area contributed by atoms with Crippen LogP contribution in [0.1, 0.15) is 13.8 Å². The van der Waals surface area contributed by atoms with Gasteiger partial charge in [-0.15, -0.1) is 0 Å². The van der Waals surface area contributed by atoms with E-state index in [1.54, 1.807) is 7.11 Å². The van der Waals surface area contributed by atoms with Crippen molar-refractivity contribution in [2.24, 2.45) is 0 Å². The van der Waals surface area contributed by atoms with Gasteiger partial charge in [0.15, 0.2) is 0 Å². The highest BCUT2D eigenvalue weighted by molar-refractivity contribution is 4.82. The summed E-state index contributed by atoms with van der Waals surface area (Å²) >= 11 is 0. The van der Waals surface area contributed by atoms with Crippen molar-refractivity contribution in [3.8, 4) is 0 Å². The summed E-state index contributed by atoms with van der Waals surface area (Å²) in [5, 5.41) is 3.56. The Kier molecular flexibility index (Phi) is 5.69. The van der Waals surface area contributed by atoms with E-state index in [0.29, 0.717) is 12.1 Å². The smallest absolute Gasteiger partial charge is 0.0693 e. The molecule has 96 valence electrons. The van der Waals surface area contributed by atoms with Crippen LogP contribution in [-0.2, 0) is 4.74 Å². The van der Waals surface area contributed by atoms with Gasteiger partial charge in [-0.05, 0) is 27.9 Å². The Morgan fingerprint density at radius 3 is 2.62 bits per heavy atom. The summed E-state index contributed by atoms with van der Waals surface area (Å²) < 4.78 is 5.31. The molecule has 0 bridgehead atoms. The molecule has 1 fully saturated rings. The fraction of sp³-hybridized carbons (Fsp3) is 1.00. The third-order valence-electron chi connectivity index (χ3n) is 3.73. The van der Waals surface area contributed by atoms with E-state index < -0.39 is 0 Å². The van der Waals surface area contributed by atoms with E-state index in [1.807, 2.05) is 0 Å². The second-order valence-corrected chi connectivity index (χ2v) is 5.03. The fourth-order valence-corrected chi connectivity index (χ4v) is 2.01. The number of hydrogen-bond acceptors (Lipinski definition) is 4. The maximum absolute atomic E-state index is 5.31. The average Bonchev–Trinajstić information content (AvgIpc) is 2.28. The molecular weight excluding hydrogens is 202 g/mol. The molecule has 0 aromatic heterocycles. The van der Waals surface area contributed by atoms with Crippen molar-refractivity contribution in [3.63, 3.8) is 0 Å². The lowest BCUT2D eigenvalue weighted by Crippen LogP contribution is -2.55. The number of nitrogens with zero attached hydrogens (tertiary/aromatic N) is 2. The van der Waals surface area contributed by atoms with Gasteiger partial charge in [-0.1, -0.05) is 0 Å². The van der Waals surface area contributed by atoms with Crippen molar-refractivity contribution in [3.05, 3.63) is 0 Å². The average molecular weight is 229 g/mol. The molecule has 4 heteroatoms. The standard InChI is InChI=1S/C12H27N3O/c1-10(11(2)16-5)13-8-12-9-14(3)6-7-15(12)4/h10-13H,6-9H2,1-5H3. The molecule has 0 aliphatic carbocycles. The van der Waals surface area contributed by atoms with E-state index >= 15 is 0 Å². The largest absolute Gasteiger partial charge is 0.380 e. The highest BCUT2D eigenvalue weighted by atomic mass is 16.5. The van der Waals surface area contributed by atoms with Crippen LogP contribution in [0, 0.1) is 0 Å². The summed E-state index contributed by atoms with van der Waals surface area (Å²) in [5.41, 5.74) is 0. The number of rotatable bonds is 5. The molecule has 3 atom stereocenters. The van der Waals surface area contributed by atoms with E-state index in [9.17, 15) is 0 Å². The van der Waals surface area contributed by atoms with Gasteiger partial charge in [0, 0.05) is 45.4 Å². The number of likely N-dealkylation sites (N-methyl/N-ethyl adjacent to an activating group) is 2. The van der Waals surface area contributed by atoms with E-state index in [2.05, 4.69) is 43.1 Å². The maximum atomic E-state index is 5.31. The zero-order valence-electron chi connectivity index (χ0n) is 11.4. The lowest BCUT2D eigenvalue weighted by molar-refractivity contribution is 0.0755. The van der Waals surface area contributed by atoms with Gasteiger partial charge in [-0.25, -0.2) is 0 Å². The van der Waals surface area contributed by atoms with Crippen LogP contribution in [0.2, 0.25) is 0 Å². The van der Waals surface area contributed by atoms with Crippen molar-refractivity contribution in [2.75, 3.05) is 47.4 Å². The normalized spacial score (nSPS) is 27.9. The number of methoxy groups -OCH3 is 1. The van der Waals surface area contributed by atoms with Crippen molar-refractivity contribution < 1.29 is 4.74 Å². The molecule has 1 aliphatic heterocycles. The number of hydrogen-bond donors (Lipinski definition) is 1. The van der Waals surface area contributed by atoms with Crippen molar-refractivity contribution in [2.45, 2.75) is 32.0 Å². The summed E-state index contributed by atoms with van der Waals surface area (Å²) in [4.78, 5) is 4.84. The summed E-state index contributed by atoms with van der Waals surface area (Å²) in [6.45, 7) is 8.82. The first-order valence-corrected chi connectivity index (χ1v) is 6.19. The first-order valence-electron chi connectivity index (χ1n) is 6.19. The van der Waals surface area contributed by atoms with Crippen LogP contribution in [-0.4, -0.2) is 75.4 Å². The quantitative estimate of drug-likeness (QED) is 0.731. The molecule has 0 aromatic rings. The van der Waals surface area contributed by atoms with E-state index in [0.717, 1.165) is 19.6 Å². The highest BCUT2D eigenvalue weighted by Crippen LogP contribution is 2.05. The molecule has 0 radical (unpaired) electrons. The first-order chi connectivity index (χ1) is 7.54. The maximum Gasteiger partial charge on any atom is 0.0693 e. The lowest BCUT2D eigenvalue weighted by atomic mass is 10.1. The number of nitrogens with one attached hydrogen (secondary N) is 1. The van der Waals surface area contributed by atoms with Gasteiger partial charge in [0.25, 0.3) is 0 Å². The Bertz CT molecular complexity index is 201. The molecule has 4 nitrogen and oxygen atoms in total. The van der Waals surface area contributed by atoms with Crippen LogP contribution in [0.4, 0.5) is 0 Å². The van der Waals surface area contributed by atoms with Gasteiger partial charge >= 0.3 is 0 Å². The molecule has 0 amide bonds. The van der Waals surface area contributed by atoms with Crippen LogP contribution in [0.3, 0.4) is 0 Å². The summed E-state index contributed by atoms with van der Waals surface area (Å²) in [6, 6.07) is 1.02. The molecular formula is C12H27N3O. The zero-order chi connectivity index (χ0) is 12.1. The molecule has 16 heavy (non-hydrogen) atoms. The molecule has 1 aliphatic rings. The molecule has 0 spiro atoms. The zero-order valence-corrected chi connectivity index (χ0v) is 11.4. The molecule has 0 saturated carbocycles. The van der Waals surface area contributed by atoms with Crippen LogP contribution in [0.5, 0.6) is 0 Å². The van der Waals surface area contributed by atoms with Crippen LogP contribution >= 0.6 is 0 Å². The minimum absolute atomic E-state index is 0.270. The molecule has 1 N–H and O–H groups in total. The van der Waals surface area contributed by atoms with E-state index in [4.69, 9.17) is 4.74 Å². The topological polar surface area (TPSA) is 27.7 Å². The van der Waals surface area contributed by atoms with Crippen molar-refractivity contribution >= 4 is 0 Å². The first kappa shape index (κ1) is 13.9. The molecule has 1 heterocycles. The molecule has 1 rings (SSSR count). The molecule has 3 unspecified atom stereocenters. The summed E-state index contributed by atoms with van der Waals surface area (Å²) in [7, 11) is 6.17. The Morgan fingerprint density at radius 2 is 2.00 bits per heavy atom. The Balaban J connectivity index is 2.30. The van der Waals surface area contributed by atoms with E-state index in [1.165, 1.54) is 6.54 Å². The summed E-state index contributed by atoms with van der Waals surface area (Å²) in [5.74, 6) is 0. The van der Waals surface area contributed by atoms with Gasteiger partial charge in [-0.3, -0.25) is 4.90 Å². The second-order valence-electron chi connectivity index (χ2n) is 5.03. The third-order valence-corrected chi connectivity index (χ3v) is 3.73. The van der Waals surface area contributed by atoms with Crippen LogP contribution in [0.15, 0.2) is 0 Å². The van der Waals surface area contributed by atoms with Gasteiger partial charge in [0.2, 0.25) is 0 Å². The summed E-state index contributed by atoms with van der Waals surface area (Å²) in [6.07, 6.45) is 0.270. The third kappa shape index (κ3) is 4.01. The van der Waals surface area contributed by atoms with Gasteiger partial charge < -0.3 is 15.0 Å². The van der Waals surface area contributed by atoms with Crippen molar-refractivity contribution in [1.29, 1.82) is 0 Å². The van der Waals surface area contributed by atoms with E-state index in [-0.39, 0.29) is 6.10 Å². The minimum Gasteiger partial charge on any atom is -0.380 e. The second kappa shape index (κ2) is 6.55. The lowest BCUT2D eigenvalue weighted by Gasteiger charge is -2.38. The number of ether oxygens (including phenoxy) is 1. The monoisotopic (exact) mass is 229 g/mol. The minimum atomic E-state index is 0.270. The predicted octanol–water partition coefficient (Wildman–Crippen LogP) is 0.245. The van der Waals surface area contributed by atoms with Gasteiger partial charge in [0.05, 0.1) is 6.10 Å². The molecule has 0 aromatic carbocycles. The number of piperazine rings is 1. The highest BCUT2D eigenvalue weighted by Gasteiger charge is 2.22. The predicted molar refractivity (Wildman–Crippen MR) is 67.9 cm³/mol. The Morgan fingerprint density at radius 1 is 1.31 bits per heavy atom. The Hall–Kier alpha value is -0.160. The van der Waals surface area contributed by atoms with Gasteiger partial charge in [-0.2, -0.15) is 0 Å². The van der Waals surface area contributed by atoms with Crippen LogP contribution in [0.25, 0.3) is 0 Å². The Labute approximate surface area is 99.9 Å². The van der Waals surface area contributed by atoms with Crippen molar-refractivity contribution in [1.82, 2.24) is 15.1 Å². The molecule has 1 saturated heterocycles. The fourth-order valence-electron chi connectivity index (χ4n) is 2.01. The van der Waals surface area contributed by atoms with Crippen LogP contribution < -0.4 is 5.32 Å². The van der Waals surface area contributed by atoms with Gasteiger partial charge in [0.1, 0.15) is 0 Å².